The molecule has 122 valence electrons. The molecule has 1 aromatic rings. The van der Waals surface area contributed by atoms with Gasteiger partial charge < -0.3 is 0 Å². The van der Waals surface area contributed by atoms with Crippen LogP contribution in [0.2, 0.25) is 0 Å². The average Bonchev–Trinajstić information content (AvgIpc) is 2.95. The van der Waals surface area contributed by atoms with E-state index in [1.165, 1.54) is 18.0 Å². The highest BCUT2D eigenvalue weighted by Crippen LogP contribution is 2.45. The Morgan fingerprint density at radius 1 is 1.12 bits per heavy atom. The highest BCUT2D eigenvalue weighted by molar-refractivity contribution is 6.11. The fraction of sp³-hybridized carbons (Fsp3) is 0.316. The van der Waals surface area contributed by atoms with E-state index in [-0.39, 0.29) is 23.6 Å². The van der Waals surface area contributed by atoms with Crippen LogP contribution >= 0.6 is 0 Å². The third kappa shape index (κ3) is 1.88. The summed E-state index contributed by atoms with van der Waals surface area (Å²) in [4.78, 5) is 40.6. The molecular weight excluding hydrogens is 304 g/mol. The Labute approximate surface area is 140 Å². The lowest BCUT2D eigenvalue weighted by Gasteiger charge is -2.33. The molecule has 0 unspecified atom stereocenters. The van der Waals surface area contributed by atoms with E-state index in [9.17, 15) is 14.4 Å². The molecular formula is C19H18N2O3. The van der Waals surface area contributed by atoms with Crippen LogP contribution in [0.3, 0.4) is 0 Å². The van der Waals surface area contributed by atoms with E-state index < -0.39 is 17.9 Å². The van der Waals surface area contributed by atoms with Gasteiger partial charge in [-0.3, -0.25) is 24.2 Å². The normalized spacial score (nSPS) is 31.7. The zero-order valence-corrected chi connectivity index (χ0v) is 13.4. The largest absolute Gasteiger partial charge is 0.293 e. The SMILES string of the molecule is C=Cc1ccccc1CN1[C@@H]2C(=O)C=C[C@H]1[C@@H]1C(=O)N(C)C(=O)[C@@H]12. The number of likely N-dealkylation sites (tertiary alicyclic amines) is 1. The highest BCUT2D eigenvalue weighted by atomic mass is 16.2. The zero-order valence-electron chi connectivity index (χ0n) is 13.4. The molecule has 3 aliphatic heterocycles. The van der Waals surface area contributed by atoms with Gasteiger partial charge in [0.05, 0.1) is 17.9 Å². The van der Waals surface area contributed by atoms with Crippen LogP contribution in [0.4, 0.5) is 0 Å². The Morgan fingerprint density at radius 3 is 2.58 bits per heavy atom. The summed E-state index contributed by atoms with van der Waals surface area (Å²) in [5, 5.41) is 0. The smallest absolute Gasteiger partial charge is 0.234 e. The summed E-state index contributed by atoms with van der Waals surface area (Å²) in [6.45, 7) is 4.35. The number of nitrogens with zero attached hydrogens (tertiary/aromatic N) is 2. The molecule has 0 radical (unpaired) electrons. The number of carbonyl (C=O) groups is 3. The summed E-state index contributed by atoms with van der Waals surface area (Å²) in [5.74, 6) is -1.53. The van der Waals surface area contributed by atoms with Crippen LogP contribution in [0.5, 0.6) is 0 Å². The lowest BCUT2D eigenvalue weighted by molar-refractivity contribution is -0.141. The van der Waals surface area contributed by atoms with Crippen LogP contribution in [0.15, 0.2) is 43.0 Å². The number of benzene rings is 1. The molecule has 2 bridgehead atoms. The van der Waals surface area contributed by atoms with Crippen LogP contribution < -0.4 is 0 Å². The molecule has 24 heavy (non-hydrogen) atoms. The van der Waals surface area contributed by atoms with E-state index in [1.807, 2.05) is 29.2 Å². The van der Waals surface area contributed by atoms with Crippen LogP contribution in [-0.4, -0.2) is 46.5 Å². The maximum atomic E-state index is 12.5. The molecule has 0 saturated carbocycles. The first-order valence-electron chi connectivity index (χ1n) is 8.04. The number of fused-ring (bicyclic) bond motifs is 5. The molecule has 0 spiro atoms. The second kappa shape index (κ2) is 5.24. The summed E-state index contributed by atoms with van der Waals surface area (Å²) in [7, 11) is 1.50. The van der Waals surface area contributed by atoms with Crippen molar-refractivity contribution in [3.05, 3.63) is 54.1 Å². The van der Waals surface area contributed by atoms with Crippen molar-refractivity contribution < 1.29 is 14.4 Å². The van der Waals surface area contributed by atoms with Gasteiger partial charge in [-0.25, -0.2) is 0 Å². The predicted molar refractivity (Wildman–Crippen MR) is 88.6 cm³/mol. The second-order valence-corrected chi connectivity index (χ2v) is 6.56. The van der Waals surface area contributed by atoms with E-state index in [1.54, 1.807) is 12.2 Å². The molecule has 0 aliphatic carbocycles. The fourth-order valence-electron chi connectivity index (χ4n) is 4.29. The number of hydrogen-bond acceptors (Lipinski definition) is 4. The average molecular weight is 322 g/mol. The fourth-order valence-corrected chi connectivity index (χ4v) is 4.29. The summed E-state index contributed by atoms with van der Waals surface area (Å²) < 4.78 is 0. The number of hydrogen-bond donors (Lipinski definition) is 0. The maximum Gasteiger partial charge on any atom is 0.234 e. The van der Waals surface area contributed by atoms with Gasteiger partial charge in [-0.1, -0.05) is 43.0 Å². The van der Waals surface area contributed by atoms with Crippen molar-refractivity contribution in [1.29, 1.82) is 0 Å². The minimum atomic E-state index is -0.564. The predicted octanol–water partition coefficient (Wildman–Crippen LogP) is 1.25. The molecule has 1 aromatic carbocycles. The maximum absolute atomic E-state index is 12.5. The van der Waals surface area contributed by atoms with E-state index in [2.05, 4.69) is 6.58 Å². The first-order chi connectivity index (χ1) is 11.5. The van der Waals surface area contributed by atoms with Crippen LogP contribution in [0, 0.1) is 11.8 Å². The molecule has 4 rings (SSSR count). The molecule has 2 saturated heterocycles. The number of imide groups is 1. The van der Waals surface area contributed by atoms with Gasteiger partial charge in [0, 0.05) is 19.6 Å². The van der Waals surface area contributed by atoms with Crippen LogP contribution in [0.25, 0.3) is 6.08 Å². The topological polar surface area (TPSA) is 57.7 Å². The van der Waals surface area contributed by atoms with Gasteiger partial charge in [-0.05, 0) is 17.2 Å². The number of rotatable bonds is 3. The van der Waals surface area contributed by atoms with E-state index in [0.717, 1.165) is 11.1 Å². The van der Waals surface area contributed by atoms with Gasteiger partial charge >= 0.3 is 0 Å². The third-order valence-electron chi connectivity index (χ3n) is 5.44. The minimum Gasteiger partial charge on any atom is -0.293 e. The van der Waals surface area contributed by atoms with Gasteiger partial charge in [0.1, 0.15) is 0 Å². The standard InChI is InChI=1S/C19H18N2O3/c1-3-11-6-4-5-7-12(11)10-21-13-8-9-14(22)17(21)16-15(13)18(23)20(2)19(16)24/h3-9,13,15-17H,1,10H2,2H3/t13-,15-,16-,17+/m0/s1. The molecule has 5 heteroatoms. The lowest BCUT2D eigenvalue weighted by atomic mass is 9.90. The first-order valence-corrected chi connectivity index (χ1v) is 8.04. The molecule has 3 aliphatic rings. The van der Waals surface area contributed by atoms with Crippen molar-refractivity contribution in [2.45, 2.75) is 18.6 Å². The Hall–Kier alpha value is -2.53. The Balaban J connectivity index is 1.74. The quantitative estimate of drug-likeness (QED) is 0.786. The van der Waals surface area contributed by atoms with Gasteiger partial charge in [-0.15, -0.1) is 0 Å². The molecule has 2 amide bonds. The zero-order chi connectivity index (χ0) is 17.0. The third-order valence-corrected chi connectivity index (χ3v) is 5.44. The molecule has 5 nitrogen and oxygen atoms in total. The van der Waals surface area contributed by atoms with Crippen molar-refractivity contribution in [2.24, 2.45) is 11.8 Å². The monoisotopic (exact) mass is 322 g/mol. The molecule has 2 fully saturated rings. The van der Waals surface area contributed by atoms with Crippen molar-refractivity contribution in [3.8, 4) is 0 Å². The Bertz CT molecular complexity index is 798. The minimum absolute atomic E-state index is 0.0914. The van der Waals surface area contributed by atoms with Crippen molar-refractivity contribution >= 4 is 23.7 Å². The molecule has 4 atom stereocenters. The summed E-state index contributed by atoms with van der Waals surface area (Å²) >= 11 is 0. The molecule has 0 aromatic heterocycles. The first kappa shape index (κ1) is 15.0. The highest BCUT2D eigenvalue weighted by Gasteiger charge is 2.63. The summed E-state index contributed by atoms with van der Waals surface area (Å²) in [5.41, 5.74) is 2.04. The number of carbonyl (C=O) groups excluding carboxylic acids is 3. The Kier molecular flexibility index (Phi) is 3.28. The lowest BCUT2D eigenvalue weighted by Crippen LogP contribution is -2.48. The number of amides is 2. The molecule has 3 heterocycles. The molecule has 0 N–H and O–H groups in total. The van der Waals surface area contributed by atoms with Crippen LogP contribution in [0.1, 0.15) is 11.1 Å². The van der Waals surface area contributed by atoms with Gasteiger partial charge in [0.2, 0.25) is 11.8 Å². The van der Waals surface area contributed by atoms with Gasteiger partial charge in [0.15, 0.2) is 5.78 Å². The van der Waals surface area contributed by atoms with Crippen LogP contribution in [-0.2, 0) is 20.9 Å². The van der Waals surface area contributed by atoms with Crippen molar-refractivity contribution in [3.63, 3.8) is 0 Å². The van der Waals surface area contributed by atoms with Crippen molar-refractivity contribution in [1.82, 2.24) is 9.80 Å². The summed E-state index contributed by atoms with van der Waals surface area (Å²) in [6, 6.07) is 7.08. The van der Waals surface area contributed by atoms with E-state index in [4.69, 9.17) is 0 Å². The van der Waals surface area contributed by atoms with Crippen molar-refractivity contribution in [2.75, 3.05) is 7.05 Å². The van der Waals surface area contributed by atoms with E-state index in [0.29, 0.717) is 6.54 Å². The van der Waals surface area contributed by atoms with Gasteiger partial charge in [0.25, 0.3) is 0 Å². The summed E-state index contributed by atoms with van der Waals surface area (Å²) in [6.07, 6.45) is 5.10. The Morgan fingerprint density at radius 2 is 1.83 bits per heavy atom. The number of ketones is 1. The van der Waals surface area contributed by atoms with Gasteiger partial charge in [-0.2, -0.15) is 0 Å². The van der Waals surface area contributed by atoms with E-state index >= 15 is 0 Å². The second-order valence-electron chi connectivity index (χ2n) is 6.56.